The summed E-state index contributed by atoms with van der Waals surface area (Å²) in [6.07, 6.45) is -1.56. The minimum Gasteiger partial charge on any atom is -0.489 e. The van der Waals surface area contributed by atoms with E-state index >= 15 is 0 Å². The standard InChI is InChI=1S/C23H33F3N2O4/c1-16(2)15-31-18-7-6-17(14-19(18)32-23(24,25)26)20(22(30)8-4-3-5-9-22)21(29)28-12-10-27-11-13-28/h6-7,14,16,20,27,30H,3-5,8-13,15H2,1-2H3. The van der Waals surface area contributed by atoms with Crippen molar-refractivity contribution in [2.24, 2.45) is 5.92 Å². The van der Waals surface area contributed by atoms with Crippen molar-refractivity contribution in [2.45, 2.75) is 63.8 Å². The van der Waals surface area contributed by atoms with Crippen LogP contribution in [0.1, 0.15) is 57.4 Å². The number of aliphatic hydroxyl groups is 1. The Morgan fingerprint density at radius 2 is 1.81 bits per heavy atom. The van der Waals surface area contributed by atoms with Crippen LogP contribution in [-0.2, 0) is 4.79 Å². The molecule has 2 fully saturated rings. The molecule has 1 aliphatic carbocycles. The zero-order valence-corrected chi connectivity index (χ0v) is 18.7. The summed E-state index contributed by atoms with van der Waals surface area (Å²) >= 11 is 0. The maximum Gasteiger partial charge on any atom is 0.573 e. The molecule has 0 bridgehead atoms. The van der Waals surface area contributed by atoms with E-state index in [1.54, 1.807) is 11.0 Å². The third kappa shape index (κ3) is 6.28. The van der Waals surface area contributed by atoms with Crippen LogP contribution in [-0.4, -0.2) is 60.7 Å². The molecule has 1 amide bonds. The highest BCUT2D eigenvalue weighted by molar-refractivity contribution is 5.85. The van der Waals surface area contributed by atoms with E-state index in [1.807, 2.05) is 13.8 Å². The number of amides is 1. The summed E-state index contributed by atoms with van der Waals surface area (Å²) in [6, 6.07) is 4.19. The molecule has 6 nitrogen and oxygen atoms in total. The van der Waals surface area contributed by atoms with Crippen LogP contribution in [0.4, 0.5) is 13.2 Å². The predicted octanol–water partition coefficient (Wildman–Crippen LogP) is 3.83. The first-order valence-corrected chi connectivity index (χ1v) is 11.3. The lowest BCUT2D eigenvalue weighted by Gasteiger charge is -2.41. The van der Waals surface area contributed by atoms with Crippen LogP contribution in [0, 0.1) is 5.92 Å². The van der Waals surface area contributed by atoms with Crippen LogP contribution in [0.2, 0.25) is 0 Å². The fourth-order valence-corrected chi connectivity index (χ4v) is 4.49. The minimum atomic E-state index is -4.91. The van der Waals surface area contributed by atoms with Crippen LogP contribution in [0.25, 0.3) is 0 Å². The highest BCUT2D eigenvalue weighted by Crippen LogP contribution is 2.44. The van der Waals surface area contributed by atoms with Crippen LogP contribution < -0.4 is 14.8 Å². The molecule has 0 radical (unpaired) electrons. The number of hydrogen-bond acceptors (Lipinski definition) is 5. The third-order valence-electron chi connectivity index (χ3n) is 6.03. The van der Waals surface area contributed by atoms with Gasteiger partial charge in [0, 0.05) is 26.2 Å². The lowest BCUT2D eigenvalue weighted by atomic mass is 9.72. The van der Waals surface area contributed by atoms with E-state index in [1.165, 1.54) is 12.1 Å². The van der Waals surface area contributed by atoms with Gasteiger partial charge in [0.05, 0.1) is 18.1 Å². The molecule has 1 aromatic carbocycles. The number of rotatable bonds is 7. The van der Waals surface area contributed by atoms with Crippen molar-refractivity contribution in [1.82, 2.24) is 10.2 Å². The van der Waals surface area contributed by atoms with Gasteiger partial charge in [0.25, 0.3) is 0 Å². The van der Waals surface area contributed by atoms with Crippen molar-refractivity contribution in [2.75, 3.05) is 32.8 Å². The Morgan fingerprint density at radius 3 is 2.41 bits per heavy atom. The molecule has 1 saturated carbocycles. The van der Waals surface area contributed by atoms with Gasteiger partial charge in [-0.2, -0.15) is 0 Å². The number of alkyl halides is 3. The Bertz CT molecular complexity index is 773. The smallest absolute Gasteiger partial charge is 0.489 e. The van der Waals surface area contributed by atoms with Gasteiger partial charge in [-0.25, -0.2) is 0 Å². The first kappa shape index (κ1) is 24.6. The second-order valence-corrected chi connectivity index (χ2v) is 9.13. The molecular formula is C23H33F3N2O4. The first-order chi connectivity index (χ1) is 15.1. The quantitative estimate of drug-likeness (QED) is 0.650. The maximum absolute atomic E-state index is 13.5. The summed E-state index contributed by atoms with van der Waals surface area (Å²) in [6.45, 7) is 6.27. The first-order valence-electron chi connectivity index (χ1n) is 11.3. The van der Waals surface area contributed by atoms with E-state index in [4.69, 9.17) is 4.74 Å². The van der Waals surface area contributed by atoms with Crippen LogP contribution in [0.15, 0.2) is 18.2 Å². The van der Waals surface area contributed by atoms with Crippen molar-refractivity contribution < 1.29 is 32.5 Å². The molecule has 1 aromatic rings. The van der Waals surface area contributed by atoms with Gasteiger partial charge in [0.2, 0.25) is 5.91 Å². The normalized spacial score (nSPS) is 20.2. The fraction of sp³-hybridized carbons (Fsp3) is 0.696. The number of ether oxygens (including phenoxy) is 2. The van der Waals surface area contributed by atoms with E-state index in [-0.39, 0.29) is 24.2 Å². The second kappa shape index (κ2) is 10.3. The third-order valence-corrected chi connectivity index (χ3v) is 6.03. The zero-order valence-electron chi connectivity index (χ0n) is 18.7. The van der Waals surface area contributed by atoms with Gasteiger partial charge in [0.15, 0.2) is 11.5 Å². The summed E-state index contributed by atoms with van der Waals surface area (Å²) < 4.78 is 49.2. The number of carbonyl (C=O) groups excluding carboxylic acids is 1. The van der Waals surface area contributed by atoms with Crippen molar-refractivity contribution in [3.05, 3.63) is 23.8 Å². The van der Waals surface area contributed by atoms with Gasteiger partial charge in [-0.05, 0) is 36.5 Å². The Kier molecular flexibility index (Phi) is 7.92. The molecule has 1 heterocycles. The Morgan fingerprint density at radius 1 is 1.16 bits per heavy atom. The molecule has 1 aliphatic heterocycles. The molecule has 2 N–H and O–H groups in total. The van der Waals surface area contributed by atoms with Gasteiger partial charge in [-0.3, -0.25) is 4.79 Å². The molecule has 0 aromatic heterocycles. The predicted molar refractivity (Wildman–Crippen MR) is 114 cm³/mol. The molecular weight excluding hydrogens is 425 g/mol. The lowest BCUT2D eigenvalue weighted by Crippen LogP contribution is -2.53. The van der Waals surface area contributed by atoms with Gasteiger partial charge in [-0.1, -0.05) is 39.2 Å². The Hall–Kier alpha value is -2.00. The summed E-state index contributed by atoms with van der Waals surface area (Å²) in [4.78, 5) is 15.2. The molecule has 3 rings (SSSR count). The second-order valence-electron chi connectivity index (χ2n) is 9.13. The van der Waals surface area contributed by atoms with Gasteiger partial charge >= 0.3 is 6.36 Å². The van der Waals surface area contributed by atoms with Gasteiger partial charge < -0.3 is 24.8 Å². The van der Waals surface area contributed by atoms with E-state index in [9.17, 15) is 23.1 Å². The van der Waals surface area contributed by atoms with E-state index in [0.717, 1.165) is 19.3 Å². The number of nitrogens with zero attached hydrogens (tertiary/aromatic N) is 1. The largest absolute Gasteiger partial charge is 0.573 e. The van der Waals surface area contributed by atoms with Crippen LogP contribution in [0.5, 0.6) is 11.5 Å². The number of hydrogen-bond donors (Lipinski definition) is 2. The molecule has 1 atom stereocenters. The van der Waals surface area contributed by atoms with E-state index < -0.39 is 23.6 Å². The van der Waals surface area contributed by atoms with Gasteiger partial charge in [0.1, 0.15) is 0 Å². The van der Waals surface area contributed by atoms with Gasteiger partial charge in [-0.15, -0.1) is 13.2 Å². The fourth-order valence-electron chi connectivity index (χ4n) is 4.49. The highest BCUT2D eigenvalue weighted by atomic mass is 19.4. The van der Waals surface area contributed by atoms with Crippen LogP contribution >= 0.6 is 0 Å². The number of benzene rings is 1. The average Bonchev–Trinajstić information content (AvgIpc) is 2.73. The molecule has 180 valence electrons. The number of halogens is 3. The topological polar surface area (TPSA) is 71.0 Å². The monoisotopic (exact) mass is 458 g/mol. The molecule has 1 unspecified atom stereocenters. The number of nitrogens with one attached hydrogen (secondary N) is 1. The number of piperazine rings is 1. The molecule has 0 spiro atoms. The van der Waals surface area contributed by atoms with Crippen molar-refractivity contribution in [3.8, 4) is 11.5 Å². The van der Waals surface area contributed by atoms with E-state index in [0.29, 0.717) is 44.6 Å². The number of carbonyl (C=O) groups is 1. The van der Waals surface area contributed by atoms with Crippen molar-refractivity contribution >= 4 is 5.91 Å². The van der Waals surface area contributed by atoms with E-state index in [2.05, 4.69) is 10.1 Å². The van der Waals surface area contributed by atoms with Crippen molar-refractivity contribution in [1.29, 1.82) is 0 Å². The molecule has 1 saturated heterocycles. The summed E-state index contributed by atoms with van der Waals surface area (Å²) in [5, 5.41) is 14.7. The highest BCUT2D eigenvalue weighted by Gasteiger charge is 2.45. The summed E-state index contributed by atoms with van der Waals surface area (Å²) in [5.41, 5.74) is -0.996. The lowest BCUT2D eigenvalue weighted by molar-refractivity contribution is -0.275. The maximum atomic E-state index is 13.5. The Balaban J connectivity index is 2.00. The average molecular weight is 459 g/mol. The van der Waals surface area contributed by atoms with Crippen molar-refractivity contribution in [3.63, 3.8) is 0 Å². The molecule has 2 aliphatic rings. The SMILES string of the molecule is CC(C)COc1ccc(C(C(=O)N2CCNCC2)C2(O)CCCCC2)cc1OC(F)(F)F. The Labute approximate surface area is 187 Å². The minimum absolute atomic E-state index is 0.0382. The molecule has 32 heavy (non-hydrogen) atoms. The summed E-state index contributed by atoms with van der Waals surface area (Å²) in [5.74, 6) is -1.64. The molecule has 9 heteroatoms. The van der Waals surface area contributed by atoms with Crippen LogP contribution in [0.3, 0.4) is 0 Å². The zero-order chi connectivity index (χ0) is 23.4. The summed E-state index contributed by atoms with van der Waals surface area (Å²) in [7, 11) is 0.